The summed E-state index contributed by atoms with van der Waals surface area (Å²) in [4.78, 5) is 0. The van der Waals surface area contributed by atoms with Crippen molar-refractivity contribution in [1.29, 1.82) is 5.26 Å². The molecule has 0 amide bonds. The minimum Gasteiger partial charge on any atom is -0.198 e. The lowest BCUT2D eigenvalue weighted by Crippen LogP contribution is -2.05. The largest absolute Gasteiger partial charge is 0.198 e. The number of nitriles is 1. The summed E-state index contributed by atoms with van der Waals surface area (Å²) in [5.41, 5.74) is 1.13. The van der Waals surface area contributed by atoms with E-state index in [0.717, 1.165) is 12.0 Å². The molecule has 50 valence electrons. The molecular formula is C9H9N. The Morgan fingerprint density at radius 1 is 1.60 bits per heavy atom. The topological polar surface area (TPSA) is 23.8 Å². The van der Waals surface area contributed by atoms with E-state index < -0.39 is 0 Å². The normalized spacial score (nSPS) is 42.3. The van der Waals surface area contributed by atoms with Crippen molar-refractivity contribution in [2.75, 3.05) is 0 Å². The highest BCUT2D eigenvalue weighted by molar-refractivity contribution is 5.32. The van der Waals surface area contributed by atoms with Crippen LogP contribution in [0.2, 0.25) is 0 Å². The second-order valence-electron chi connectivity index (χ2n) is 3.07. The predicted molar refractivity (Wildman–Crippen MR) is 39.0 cm³/mol. The molecule has 0 saturated heterocycles. The first-order valence-corrected chi connectivity index (χ1v) is 3.59. The Morgan fingerprint density at radius 3 is 2.80 bits per heavy atom. The molecule has 0 aromatic heterocycles. The third-order valence-corrected chi connectivity index (χ3v) is 2.56. The van der Waals surface area contributed by atoms with E-state index in [-0.39, 0.29) is 5.92 Å². The molecule has 2 rings (SSSR count). The molecule has 0 aromatic carbocycles. The summed E-state index contributed by atoms with van der Waals surface area (Å²) in [5.74, 6) is 1.13. The molecule has 1 saturated carbocycles. The van der Waals surface area contributed by atoms with Crippen molar-refractivity contribution >= 4 is 0 Å². The minimum atomic E-state index is 0.120. The molecule has 0 spiro atoms. The van der Waals surface area contributed by atoms with E-state index in [4.69, 9.17) is 5.26 Å². The third-order valence-electron chi connectivity index (χ3n) is 2.56. The van der Waals surface area contributed by atoms with Crippen LogP contribution in [0.15, 0.2) is 24.3 Å². The highest BCUT2D eigenvalue weighted by Gasteiger charge is 2.38. The van der Waals surface area contributed by atoms with Crippen molar-refractivity contribution in [1.82, 2.24) is 0 Å². The Kier molecular flexibility index (Phi) is 0.990. The second-order valence-corrected chi connectivity index (χ2v) is 3.07. The van der Waals surface area contributed by atoms with Crippen LogP contribution in [0.25, 0.3) is 0 Å². The van der Waals surface area contributed by atoms with Gasteiger partial charge in [0.2, 0.25) is 0 Å². The van der Waals surface area contributed by atoms with E-state index >= 15 is 0 Å². The summed E-state index contributed by atoms with van der Waals surface area (Å²) in [6, 6.07) is 2.29. The number of hydrogen-bond acceptors (Lipinski definition) is 1. The van der Waals surface area contributed by atoms with Gasteiger partial charge in [0.25, 0.3) is 0 Å². The average molecular weight is 131 g/mol. The van der Waals surface area contributed by atoms with E-state index in [1.165, 1.54) is 0 Å². The summed E-state index contributed by atoms with van der Waals surface area (Å²) in [7, 11) is 0. The molecule has 3 atom stereocenters. The summed E-state index contributed by atoms with van der Waals surface area (Å²) in [6.07, 6.45) is 5.48. The minimum absolute atomic E-state index is 0.120. The van der Waals surface area contributed by atoms with E-state index in [2.05, 4.69) is 24.8 Å². The van der Waals surface area contributed by atoms with Gasteiger partial charge in [-0.2, -0.15) is 5.26 Å². The monoisotopic (exact) mass is 131 g/mol. The summed E-state index contributed by atoms with van der Waals surface area (Å²) in [5, 5.41) is 8.71. The van der Waals surface area contributed by atoms with E-state index in [1.807, 2.05) is 0 Å². The van der Waals surface area contributed by atoms with E-state index in [0.29, 0.717) is 11.8 Å². The Balaban J connectivity index is 2.36. The van der Waals surface area contributed by atoms with Gasteiger partial charge in [-0.1, -0.05) is 24.3 Å². The first-order valence-electron chi connectivity index (χ1n) is 3.59. The number of nitrogens with zero attached hydrogens (tertiary/aromatic N) is 1. The molecule has 0 unspecified atom stereocenters. The van der Waals surface area contributed by atoms with Gasteiger partial charge < -0.3 is 0 Å². The fraction of sp³-hybridized carbons (Fsp3) is 0.444. The van der Waals surface area contributed by atoms with Crippen molar-refractivity contribution in [3.8, 4) is 6.07 Å². The maximum atomic E-state index is 8.71. The molecule has 2 aliphatic carbocycles. The van der Waals surface area contributed by atoms with Gasteiger partial charge in [-0.25, -0.2) is 0 Å². The van der Waals surface area contributed by atoms with E-state index in [9.17, 15) is 0 Å². The van der Waals surface area contributed by atoms with Crippen LogP contribution < -0.4 is 0 Å². The Morgan fingerprint density at radius 2 is 2.40 bits per heavy atom. The highest BCUT2D eigenvalue weighted by atomic mass is 14.4. The lowest BCUT2D eigenvalue weighted by atomic mass is 9.91. The van der Waals surface area contributed by atoms with Gasteiger partial charge in [-0.05, 0) is 18.3 Å². The predicted octanol–water partition coefficient (Wildman–Crippen LogP) is 1.89. The molecule has 0 heterocycles. The van der Waals surface area contributed by atoms with Gasteiger partial charge in [0.1, 0.15) is 0 Å². The maximum absolute atomic E-state index is 8.71. The van der Waals surface area contributed by atoms with Crippen molar-refractivity contribution in [2.45, 2.75) is 6.42 Å². The molecule has 2 bridgehead atoms. The fourth-order valence-electron chi connectivity index (χ4n) is 1.93. The SMILES string of the molecule is C=C1[C@@H](C#N)[C@@H]2C=C[C@H]1C2. The van der Waals surface area contributed by atoms with Gasteiger partial charge in [0, 0.05) is 0 Å². The standard InChI is InChI=1S/C9H9N/c1-6-7-2-3-8(4-7)9(6)5-10/h2-3,7-9H,1,4H2/t7-,8+,9+/m0/s1. The fourth-order valence-corrected chi connectivity index (χ4v) is 1.93. The number of hydrogen-bond donors (Lipinski definition) is 0. The molecule has 2 aliphatic rings. The van der Waals surface area contributed by atoms with Crippen molar-refractivity contribution < 1.29 is 0 Å². The lowest BCUT2D eigenvalue weighted by Gasteiger charge is -2.11. The molecule has 1 fully saturated rings. The van der Waals surface area contributed by atoms with Crippen LogP contribution in [0.3, 0.4) is 0 Å². The van der Waals surface area contributed by atoms with Gasteiger partial charge >= 0.3 is 0 Å². The maximum Gasteiger partial charge on any atom is 0.0738 e. The van der Waals surface area contributed by atoms with Crippen LogP contribution in [-0.4, -0.2) is 0 Å². The van der Waals surface area contributed by atoms with E-state index in [1.54, 1.807) is 0 Å². The van der Waals surface area contributed by atoms with Crippen LogP contribution in [0.4, 0.5) is 0 Å². The molecule has 1 heteroatoms. The highest BCUT2D eigenvalue weighted by Crippen LogP contribution is 2.46. The van der Waals surface area contributed by atoms with Crippen LogP contribution in [-0.2, 0) is 0 Å². The van der Waals surface area contributed by atoms with Gasteiger partial charge in [-0.15, -0.1) is 0 Å². The molecule has 0 N–H and O–H groups in total. The zero-order valence-electron chi connectivity index (χ0n) is 5.75. The van der Waals surface area contributed by atoms with Crippen LogP contribution >= 0.6 is 0 Å². The number of rotatable bonds is 0. The average Bonchev–Trinajstić information content (AvgIpc) is 2.46. The molecule has 1 nitrogen and oxygen atoms in total. The van der Waals surface area contributed by atoms with Gasteiger partial charge in [0.05, 0.1) is 12.0 Å². The molecule has 0 radical (unpaired) electrons. The Labute approximate surface area is 60.7 Å². The van der Waals surface area contributed by atoms with Crippen LogP contribution in [0.5, 0.6) is 0 Å². The van der Waals surface area contributed by atoms with Crippen LogP contribution in [0, 0.1) is 29.1 Å². The smallest absolute Gasteiger partial charge is 0.0738 e. The zero-order valence-corrected chi connectivity index (χ0v) is 5.75. The van der Waals surface area contributed by atoms with Gasteiger partial charge in [-0.3, -0.25) is 0 Å². The third kappa shape index (κ3) is 0.515. The molecule has 10 heavy (non-hydrogen) atoms. The Bertz CT molecular complexity index is 244. The molecule has 0 aromatic rings. The van der Waals surface area contributed by atoms with Crippen LogP contribution in [0.1, 0.15) is 6.42 Å². The molecular weight excluding hydrogens is 122 g/mol. The van der Waals surface area contributed by atoms with Gasteiger partial charge in [0.15, 0.2) is 0 Å². The first-order chi connectivity index (χ1) is 4.83. The second kappa shape index (κ2) is 1.73. The van der Waals surface area contributed by atoms with Crippen molar-refractivity contribution in [3.63, 3.8) is 0 Å². The quantitative estimate of drug-likeness (QED) is 0.460. The van der Waals surface area contributed by atoms with Crippen molar-refractivity contribution in [3.05, 3.63) is 24.3 Å². The van der Waals surface area contributed by atoms with Crippen molar-refractivity contribution in [2.24, 2.45) is 17.8 Å². The molecule has 0 aliphatic heterocycles. The zero-order chi connectivity index (χ0) is 7.14. The lowest BCUT2D eigenvalue weighted by molar-refractivity contribution is 0.614. The first kappa shape index (κ1) is 5.73. The number of fused-ring (bicyclic) bond motifs is 2. The summed E-state index contributed by atoms with van der Waals surface area (Å²) < 4.78 is 0. The number of allylic oxidation sites excluding steroid dienone is 3. The summed E-state index contributed by atoms with van der Waals surface area (Å²) in [6.45, 7) is 3.92. The Hall–Kier alpha value is -1.03. The summed E-state index contributed by atoms with van der Waals surface area (Å²) >= 11 is 0.